The highest BCUT2D eigenvalue weighted by atomic mass is 16.5. The molecule has 1 aromatic rings. The summed E-state index contributed by atoms with van der Waals surface area (Å²) in [6.45, 7) is 3.64. The first-order valence-corrected chi connectivity index (χ1v) is 8.38. The van der Waals surface area contributed by atoms with E-state index in [1.165, 1.54) is 6.26 Å². The van der Waals surface area contributed by atoms with Gasteiger partial charge in [0.05, 0.1) is 18.8 Å². The third kappa shape index (κ3) is 5.11. The minimum absolute atomic E-state index is 0.0104. The number of carbonyl (C=O) groups excluding carboxylic acids is 3. The molecule has 0 saturated carbocycles. The second-order valence-electron chi connectivity index (χ2n) is 5.77. The van der Waals surface area contributed by atoms with E-state index in [2.05, 4.69) is 5.32 Å². The highest BCUT2D eigenvalue weighted by Crippen LogP contribution is 2.18. The molecule has 2 amide bonds. The number of carbonyl (C=O) groups is 3. The molecule has 7 nitrogen and oxygen atoms in total. The molecule has 1 unspecified atom stereocenters. The van der Waals surface area contributed by atoms with Crippen molar-refractivity contribution in [1.82, 2.24) is 10.2 Å². The van der Waals surface area contributed by atoms with E-state index >= 15 is 0 Å². The molecular formula is C17H24N2O5. The van der Waals surface area contributed by atoms with Crippen LogP contribution >= 0.6 is 0 Å². The molecule has 24 heavy (non-hydrogen) atoms. The van der Waals surface area contributed by atoms with Gasteiger partial charge in [-0.25, -0.2) is 0 Å². The van der Waals surface area contributed by atoms with Crippen LogP contribution in [0.4, 0.5) is 0 Å². The van der Waals surface area contributed by atoms with Gasteiger partial charge >= 0.3 is 5.97 Å². The maximum Gasteiger partial charge on any atom is 0.310 e. The predicted molar refractivity (Wildman–Crippen MR) is 86.2 cm³/mol. The lowest BCUT2D eigenvalue weighted by Gasteiger charge is -2.31. The number of esters is 1. The van der Waals surface area contributed by atoms with Gasteiger partial charge < -0.3 is 19.4 Å². The number of amides is 2. The molecule has 2 heterocycles. The molecule has 1 fully saturated rings. The van der Waals surface area contributed by atoms with Crippen LogP contribution in [0.15, 0.2) is 22.8 Å². The van der Waals surface area contributed by atoms with Crippen LogP contribution in [-0.4, -0.2) is 48.9 Å². The van der Waals surface area contributed by atoms with Crippen molar-refractivity contribution >= 4 is 17.8 Å². The average molecular weight is 336 g/mol. The third-order valence-corrected chi connectivity index (χ3v) is 3.99. The Balaban J connectivity index is 1.68. The number of hydrogen-bond acceptors (Lipinski definition) is 5. The molecule has 0 aromatic carbocycles. The van der Waals surface area contributed by atoms with E-state index in [9.17, 15) is 14.4 Å². The minimum Gasteiger partial charge on any atom is -0.466 e. The van der Waals surface area contributed by atoms with Crippen LogP contribution in [-0.2, 0) is 14.3 Å². The Morgan fingerprint density at radius 2 is 2.25 bits per heavy atom. The average Bonchev–Trinajstić information content (AvgIpc) is 3.13. The summed E-state index contributed by atoms with van der Waals surface area (Å²) < 4.78 is 10.0. The highest BCUT2D eigenvalue weighted by Gasteiger charge is 2.28. The van der Waals surface area contributed by atoms with Gasteiger partial charge in [-0.2, -0.15) is 0 Å². The topological polar surface area (TPSA) is 88.9 Å². The molecule has 2 rings (SSSR count). The van der Waals surface area contributed by atoms with Gasteiger partial charge in [0.15, 0.2) is 5.76 Å². The maximum absolute atomic E-state index is 12.2. The van der Waals surface area contributed by atoms with E-state index in [1.54, 1.807) is 24.0 Å². The van der Waals surface area contributed by atoms with Crippen LogP contribution in [0.3, 0.4) is 0 Å². The van der Waals surface area contributed by atoms with Crippen LogP contribution < -0.4 is 5.32 Å². The largest absolute Gasteiger partial charge is 0.466 e. The number of nitrogens with zero attached hydrogens (tertiary/aromatic N) is 1. The summed E-state index contributed by atoms with van der Waals surface area (Å²) in [5.74, 6) is -0.458. The van der Waals surface area contributed by atoms with Crippen LogP contribution in [0.1, 0.15) is 43.2 Å². The zero-order chi connectivity index (χ0) is 17.4. The second kappa shape index (κ2) is 9.10. The summed E-state index contributed by atoms with van der Waals surface area (Å²) >= 11 is 0. The number of furan rings is 1. The molecule has 0 bridgehead atoms. The van der Waals surface area contributed by atoms with Gasteiger partial charge in [0.1, 0.15) is 0 Å². The summed E-state index contributed by atoms with van der Waals surface area (Å²) in [6.07, 6.45) is 3.90. The summed E-state index contributed by atoms with van der Waals surface area (Å²) in [5, 5.41) is 2.71. The van der Waals surface area contributed by atoms with Crippen LogP contribution in [0.5, 0.6) is 0 Å². The lowest BCUT2D eigenvalue weighted by atomic mass is 9.98. The van der Waals surface area contributed by atoms with Crippen LogP contribution in [0.2, 0.25) is 0 Å². The quantitative estimate of drug-likeness (QED) is 0.603. The number of ether oxygens (including phenoxy) is 1. The Kier molecular flexibility index (Phi) is 6.84. The second-order valence-corrected chi connectivity index (χ2v) is 5.77. The van der Waals surface area contributed by atoms with Gasteiger partial charge in [-0.1, -0.05) is 0 Å². The van der Waals surface area contributed by atoms with Crippen molar-refractivity contribution in [2.75, 3.05) is 26.2 Å². The van der Waals surface area contributed by atoms with Gasteiger partial charge in [-0.15, -0.1) is 0 Å². The van der Waals surface area contributed by atoms with Crippen molar-refractivity contribution in [1.29, 1.82) is 0 Å². The molecule has 1 saturated heterocycles. The molecule has 1 N–H and O–H groups in total. The maximum atomic E-state index is 12.2. The van der Waals surface area contributed by atoms with Gasteiger partial charge in [-0.3, -0.25) is 14.4 Å². The number of nitrogens with one attached hydrogen (secondary N) is 1. The van der Waals surface area contributed by atoms with Crippen molar-refractivity contribution in [3.63, 3.8) is 0 Å². The molecule has 132 valence electrons. The van der Waals surface area contributed by atoms with E-state index in [1.807, 2.05) is 0 Å². The third-order valence-electron chi connectivity index (χ3n) is 3.99. The first-order valence-electron chi connectivity index (χ1n) is 8.38. The lowest BCUT2D eigenvalue weighted by molar-refractivity contribution is -0.151. The fourth-order valence-corrected chi connectivity index (χ4v) is 2.75. The van der Waals surface area contributed by atoms with E-state index in [0.29, 0.717) is 39.1 Å². The Labute approximate surface area is 141 Å². The monoisotopic (exact) mass is 336 g/mol. The molecule has 1 aliphatic rings. The van der Waals surface area contributed by atoms with Crippen LogP contribution in [0, 0.1) is 5.92 Å². The van der Waals surface area contributed by atoms with Gasteiger partial charge in [-0.05, 0) is 38.3 Å². The van der Waals surface area contributed by atoms with Crippen molar-refractivity contribution in [2.24, 2.45) is 5.92 Å². The van der Waals surface area contributed by atoms with E-state index in [-0.39, 0.29) is 29.5 Å². The Morgan fingerprint density at radius 3 is 2.96 bits per heavy atom. The predicted octanol–water partition coefficient (Wildman–Crippen LogP) is 1.59. The number of piperidine rings is 1. The molecule has 1 aliphatic heterocycles. The molecule has 0 spiro atoms. The molecular weight excluding hydrogens is 312 g/mol. The van der Waals surface area contributed by atoms with Crippen molar-refractivity contribution in [3.05, 3.63) is 24.2 Å². The van der Waals surface area contributed by atoms with Crippen molar-refractivity contribution in [3.8, 4) is 0 Å². The van der Waals surface area contributed by atoms with Crippen molar-refractivity contribution < 1.29 is 23.5 Å². The Bertz CT molecular complexity index is 555. The summed E-state index contributed by atoms with van der Waals surface area (Å²) in [5.41, 5.74) is 0. The van der Waals surface area contributed by atoms with Crippen molar-refractivity contribution in [2.45, 2.75) is 32.6 Å². The summed E-state index contributed by atoms with van der Waals surface area (Å²) in [7, 11) is 0. The van der Waals surface area contributed by atoms with Crippen LogP contribution in [0.25, 0.3) is 0 Å². The number of hydrogen-bond donors (Lipinski definition) is 1. The number of likely N-dealkylation sites (tertiary alicyclic amines) is 1. The number of rotatable bonds is 7. The molecule has 1 aromatic heterocycles. The lowest BCUT2D eigenvalue weighted by Crippen LogP contribution is -2.43. The fourth-order valence-electron chi connectivity index (χ4n) is 2.75. The smallest absolute Gasteiger partial charge is 0.310 e. The fraction of sp³-hybridized carbons (Fsp3) is 0.588. The first-order chi connectivity index (χ1) is 11.6. The molecule has 7 heteroatoms. The van der Waals surface area contributed by atoms with Gasteiger partial charge in [0.25, 0.3) is 5.91 Å². The Hall–Kier alpha value is -2.31. The molecule has 0 radical (unpaired) electrons. The molecule has 1 atom stereocenters. The minimum atomic E-state index is -0.284. The summed E-state index contributed by atoms with van der Waals surface area (Å²) in [6, 6.07) is 3.23. The molecule has 0 aliphatic carbocycles. The normalized spacial score (nSPS) is 17.4. The summed E-state index contributed by atoms with van der Waals surface area (Å²) in [4.78, 5) is 37.4. The SMILES string of the molecule is CCOC(=O)C1CCCN(C(=O)CCCNC(=O)c2ccco2)C1. The zero-order valence-electron chi connectivity index (χ0n) is 14.0. The Morgan fingerprint density at radius 1 is 1.42 bits per heavy atom. The first kappa shape index (κ1) is 18.0. The highest BCUT2D eigenvalue weighted by molar-refractivity contribution is 5.91. The van der Waals surface area contributed by atoms with Gasteiger partial charge in [0, 0.05) is 26.1 Å². The van der Waals surface area contributed by atoms with E-state index in [0.717, 1.165) is 12.8 Å². The van der Waals surface area contributed by atoms with Gasteiger partial charge in [0.2, 0.25) is 5.91 Å². The van der Waals surface area contributed by atoms with E-state index in [4.69, 9.17) is 9.15 Å². The van der Waals surface area contributed by atoms with E-state index < -0.39 is 0 Å². The zero-order valence-corrected chi connectivity index (χ0v) is 14.0. The standard InChI is InChI=1S/C17H24N2O5/c1-2-23-17(22)13-6-4-10-19(12-13)15(20)8-3-9-18-16(21)14-7-5-11-24-14/h5,7,11,13H,2-4,6,8-10,12H2,1H3,(H,18,21).